The minimum absolute atomic E-state index is 0.00820. The van der Waals surface area contributed by atoms with E-state index in [1.54, 1.807) is 58.6 Å². The van der Waals surface area contributed by atoms with E-state index in [1.165, 1.54) is 17.0 Å². The van der Waals surface area contributed by atoms with Crippen LogP contribution in [0.2, 0.25) is 0 Å². The minimum atomic E-state index is -0.864. The molecule has 8 heteroatoms. The van der Waals surface area contributed by atoms with Crippen molar-refractivity contribution < 1.29 is 23.5 Å². The van der Waals surface area contributed by atoms with Crippen LogP contribution in [0.1, 0.15) is 64.3 Å². The van der Waals surface area contributed by atoms with Crippen molar-refractivity contribution in [3.63, 3.8) is 0 Å². The second-order valence-corrected chi connectivity index (χ2v) is 11.8. The van der Waals surface area contributed by atoms with Gasteiger partial charge in [-0.2, -0.15) is 0 Å². The van der Waals surface area contributed by atoms with E-state index in [0.717, 1.165) is 11.1 Å². The fourth-order valence-corrected chi connectivity index (χ4v) is 4.36. The second kappa shape index (κ2) is 11.6. The SMILES string of the molecule is Cc1ccc(N2/C(=N/C(=O)OC(C)(C)C)N(C(=O)OC(C)(C)C)/C(=C\c3ccccc3)C2c2ccc(F)cc2)cc1. The van der Waals surface area contributed by atoms with E-state index in [4.69, 9.17) is 9.47 Å². The number of benzene rings is 3. The first-order valence-electron chi connectivity index (χ1n) is 13.4. The van der Waals surface area contributed by atoms with Crippen LogP contribution in [-0.2, 0) is 9.47 Å². The molecule has 1 aliphatic rings. The van der Waals surface area contributed by atoms with Gasteiger partial charge in [-0.1, -0.05) is 60.2 Å². The summed E-state index contributed by atoms with van der Waals surface area (Å²) >= 11 is 0. The maximum absolute atomic E-state index is 14.1. The van der Waals surface area contributed by atoms with Crippen LogP contribution in [0.15, 0.2) is 89.6 Å². The van der Waals surface area contributed by atoms with E-state index in [-0.39, 0.29) is 5.96 Å². The molecule has 0 spiro atoms. The lowest BCUT2D eigenvalue weighted by molar-refractivity contribution is 0.0416. The van der Waals surface area contributed by atoms with Gasteiger partial charge in [-0.3, -0.25) is 4.90 Å². The Labute approximate surface area is 240 Å². The summed E-state index contributed by atoms with van der Waals surface area (Å²) in [6, 6.07) is 22.5. The molecule has 214 valence electrons. The summed E-state index contributed by atoms with van der Waals surface area (Å²) in [5.41, 5.74) is 2.00. The predicted octanol–water partition coefficient (Wildman–Crippen LogP) is 8.26. The normalized spacial score (nSPS) is 17.7. The number of guanidine groups is 1. The van der Waals surface area contributed by atoms with Crippen molar-refractivity contribution >= 4 is 29.9 Å². The molecule has 4 rings (SSSR count). The minimum Gasteiger partial charge on any atom is -0.443 e. The number of carbonyl (C=O) groups excluding carboxylic acids is 2. The van der Waals surface area contributed by atoms with Crippen LogP contribution >= 0.6 is 0 Å². The lowest BCUT2D eigenvalue weighted by Gasteiger charge is -2.27. The number of carbonyl (C=O) groups is 2. The Kier molecular flexibility index (Phi) is 8.33. The van der Waals surface area contributed by atoms with Crippen LogP contribution in [0.4, 0.5) is 19.7 Å². The molecule has 3 aromatic carbocycles. The van der Waals surface area contributed by atoms with Crippen LogP contribution in [-0.4, -0.2) is 34.2 Å². The third-order valence-electron chi connectivity index (χ3n) is 5.98. The van der Waals surface area contributed by atoms with Crippen molar-refractivity contribution in [2.75, 3.05) is 4.90 Å². The monoisotopic (exact) mass is 557 g/mol. The smallest absolute Gasteiger partial charge is 0.437 e. The summed E-state index contributed by atoms with van der Waals surface area (Å²) in [4.78, 5) is 34.5. The number of hydrogen-bond donors (Lipinski definition) is 0. The topological polar surface area (TPSA) is 71.4 Å². The average molecular weight is 558 g/mol. The molecule has 0 saturated carbocycles. The number of amides is 2. The van der Waals surface area contributed by atoms with Gasteiger partial charge >= 0.3 is 12.2 Å². The van der Waals surface area contributed by atoms with E-state index in [9.17, 15) is 14.0 Å². The van der Waals surface area contributed by atoms with Gasteiger partial charge in [0.15, 0.2) is 0 Å². The van der Waals surface area contributed by atoms with Gasteiger partial charge in [0.05, 0.1) is 5.70 Å². The lowest BCUT2D eigenvalue weighted by atomic mass is 10.0. The zero-order chi connectivity index (χ0) is 29.9. The molecule has 1 heterocycles. The van der Waals surface area contributed by atoms with Crippen LogP contribution in [0.5, 0.6) is 0 Å². The highest BCUT2D eigenvalue weighted by atomic mass is 19.1. The molecular formula is C33H36FN3O4. The standard InChI is InChI=1S/C33H36FN3O4/c1-22-13-19-26(20-14-22)36-28(24-15-17-25(34)18-16-24)27(21-23-11-9-8-10-12-23)37(31(39)41-33(5,6)7)29(36)35-30(38)40-32(2,3)4/h8-21,28H,1-7H3/b27-21-,35-29-. The fourth-order valence-electron chi connectivity index (χ4n) is 4.36. The molecule has 3 aromatic rings. The Morgan fingerprint density at radius 1 is 0.829 bits per heavy atom. The van der Waals surface area contributed by atoms with Crippen LogP contribution in [0, 0.1) is 12.7 Å². The number of ether oxygens (including phenoxy) is 2. The molecule has 1 saturated heterocycles. The van der Waals surface area contributed by atoms with Crippen LogP contribution < -0.4 is 4.90 Å². The number of hydrogen-bond acceptors (Lipinski definition) is 4. The molecule has 1 atom stereocenters. The number of aryl methyl sites for hydroxylation is 1. The molecule has 1 aliphatic heterocycles. The Morgan fingerprint density at radius 2 is 1.41 bits per heavy atom. The molecular weight excluding hydrogens is 521 g/mol. The summed E-state index contributed by atoms with van der Waals surface area (Å²) < 4.78 is 25.5. The highest BCUT2D eigenvalue weighted by molar-refractivity contribution is 6.13. The Hall–Kier alpha value is -4.46. The number of rotatable bonds is 3. The Bertz CT molecular complexity index is 1450. The summed E-state index contributed by atoms with van der Waals surface area (Å²) in [5.74, 6) is -0.386. The number of halogens is 1. The van der Waals surface area contributed by atoms with Gasteiger partial charge in [-0.05, 0) is 89.9 Å². The zero-order valence-electron chi connectivity index (χ0n) is 24.5. The van der Waals surface area contributed by atoms with Crippen molar-refractivity contribution in [3.8, 4) is 0 Å². The summed E-state index contributed by atoms with van der Waals surface area (Å²) in [5, 5.41) is 0. The molecule has 7 nitrogen and oxygen atoms in total. The van der Waals surface area contributed by atoms with E-state index in [1.807, 2.05) is 67.6 Å². The first-order chi connectivity index (χ1) is 19.2. The van der Waals surface area contributed by atoms with Crippen molar-refractivity contribution in [2.24, 2.45) is 4.99 Å². The number of aliphatic imine (C=N–C) groups is 1. The maximum atomic E-state index is 14.1. The molecule has 2 amide bonds. The van der Waals surface area contributed by atoms with Gasteiger partial charge in [0, 0.05) is 5.69 Å². The van der Waals surface area contributed by atoms with Gasteiger partial charge in [0.25, 0.3) is 0 Å². The number of nitrogens with zero attached hydrogens (tertiary/aromatic N) is 3. The van der Waals surface area contributed by atoms with Gasteiger partial charge in [0.1, 0.15) is 23.1 Å². The maximum Gasteiger partial charge on any atom is 0.437 e. The quantitative estimate of drug-likeness (QED) is 0.324. The van der Waals surface area contributed by atoms with Gasteiger partial charge < -0.3 is 9.47 Å². The van der Waals surface area contributed by atoms with Crippen molar-refractivity contribution in [3.05, 3.63) is 107 Å². The number of anilines is 1. The molecule has 0 N–H and O–H groups in total. The molecule has 41 heavy (non-hydrogen) atoms. The first-order valence-corrected chi connectivity index (χ1v) is 13.4. The molecule has 0 aromatic heterocycles. The lowest BCUT2D eigenvalue weighted by Crippen LogP contribution is -2.41. The molecule has 0 aliphatic carbocycles. The molecule has 1 unspecified atom stereocenters. The average Bonchev–Trinajstić information content (AvgIpc) is 3.16. The second-order valence-electron chi connectivity index (χ2n) is 11.8. The molecule has 0 radical (unpaired) electrons. The third kappa shape index (κ3) is 7.39. The van der Waals surface area contributed by atoms with Gasteiger partial charge in [0.2, 0.25) is 5.96 Å². The highest BCUT2D eigenvalue weighted by Gasteiger charge is 2.47. The van der Waals surface area contributed by atoms with Crippen molar-refractivity contribution in [1.82, 2.24) is 4.90 Å². The van der Waals surface area contributed by atoms with Gasteiger partial charge in [-0.25, -0.2) is 18.9 Å². The summed E-state index contributed by atoms with van der Waals surface area (Å²) in [7, 11) is 0. The van der Waals surface area contributed by atoms with Crippen molar-refractivity contribution in [2.45, 2.75) is 65.7 Å². The van der Waals surface area contributed by atoms with Gasteiger partial charge in [-0.15, -0.1) is 4.99 Å². The Balaban J connectivity index is 2.04. The molecule has 1 fully saturated rings. The van der Waals surface area contributed by atoms with E-state index >= 15 is 0 Å². The zero-order valence-corrected chi connectivity index (χ0v) is 24.5. The van der Waals surface area contributed by atoms with E-state index in [2.05, 4.69) is 4.99 Å². The van der Waals surface area contributed by atoms with Crippen LogP contribution in [0.25, 0.3) is 6.08 Å². The fraction of sp³-hybridized carbons (Fsp3) is 0.303. The van der Waals surface area contributed by atoms with E-state index in [0.29, 0.717) is 16.9 Å². The predicted molar refractivity (Wildman–Crippen MR) is 159 cm³/mol. The third-order valence-corrected chi connectivity index (χ3v) is 5.98. The molecule has 0 bridgehead atoms. The van der Waals surface area contributed by atoms with Crippen LogP contribution in [0.3, 0.4) is 0 Å². The Morgan fingerprint density at radius 3 is 1.98 bits per heavy atom. The first kappa shape index (κ1) is 29.5. The summed E-state index contributed by atoms with van der Waals surface area (Å²) in [6.07, 6.45) is 0.261. The van der Waals surface area contributed by atoms with E-state index < -0.39 is 35.2 Å². The summed E-state index contributed by atoms with van der Waals surface area (Å²) in [6.45, 7) is 12.5. The largest absolute Gasteiger partial charge is 0.443 e. The highest BCUT2D eigenvalue weighted by Crippen LogP contribution is 2.43. The van der Waals surface area contributed by atoms with Crippen molar-refractivity contribution in [1.29, 1.82) is 0 Å².